The number of pyridine rings is 1. The van der Waals surface area contributed by atoms with Crippen molar-refractivity contribution in [2.24, 2.45) is 0 Å². The van der Waals surface area contributed by atoms with Gasteiger partial charge in [-0.05, 0) is 24.3 Å². The Balaban J connectivity index is 1.40. The van der Waals surface area contributed by atoms with E-state index in [-0.39, 0.29) is 11.7 Å². The van der Waals surface area contributed by atoms with Gasteiger partial charge in [0, 0.05) is 37.9 Å². The van der Waals surface area contributed by atoms with E-state index in [1.807, 2.05) is 4.90 Å². The van der Waals surface area contributed by atoms with Crippen LogP contribution in [0.1, 0.15) is 16.4 Å². The first-order valence-electron chi connectivity index (χ1n) is 8.37. The molecule has 0 saturated carbocycles. The lowest BCUT2D eigenvalue weighted by molar-refractivity contribution is -0.159. The zero-order chi connectivity index (χ0) is 19.7. The molecule has 0 bridgehead atoms. The zero-order valence-electron chi connectivity index (χ0n) is 14.4. The van der Waals surface area contributed by atoms with Gasteiger partial charge in [-0.25, -0.2) is 4.98 Å². The Morgan fingerprint density at radius 1 is 1.11 bits per heavy atom. The zero-order valence-corrected chi connectivity index (χ0v) is 14.4. The fourth-order valence-corrected chi connectivity index (χ4v) is 2.86. The average Bonchev–Trinajstić information content (AvgIpc) is 3.39. The number of aromatic nitrogens is 3. The normalized spacial score (nSPS) is 15.1. The van der Waals surface area contributed by atoms with E-state index >= 15 is 0 Å². The maximum Gasteiger partial charge on any atom is 0.471 e. The van der Waals surface area contributed by atoms with Crippen LogP contribution < -0.4 is 4.90 Å². The molecule has 1 aliphatic heterocycles. The summed E-state index contributed by atoms with van der Waals surface area (Å²) >= 11 is 0. The van der Waals surface area contributed by atoms with Crippen LogP contribution in [0.5, 0.6) is 0 Å². The van der Waals surface area contributed by atoms with Crippen LogP contribution in [0.2, 0.25) is 0 Å². The lowest BCUT2D eigenvalue weighted by Gasteiger charge is -2.35. The standard InChI is InChI=1S/C17H14F3N5O3/c18-17(19,20)16-22-14(23-28-16)11-3-4-13(21-10-11)24-5-7-25(8-6-24)15(26)12-2-1-9-27-12/h1-4,9-10H,5-8H2. The van der Waals surface area contributed by atoms with E-state index in [0.29, 0.717) is 43.3 Å². The van der Waals surface area contributed by atoms with Gasteiger partial charge in [-0.2, -0.15) is 18.2 Å². The number of carbonyl (C=O) groups excluding carboxylic acids is 1. The van der Waals surface area contributed by atoms with Gasteiger partial charge in [0.25, 0.3) is 5.91 Å². The summed E-state index contributed by atoms with van der Waals surface area (Å²) in [5.74, 6) is -0.794. The van der Waals surface area contributed by atoms with Gasteiger partial charge in [-0.15, -0.1) is 0 Å². The molecule has 8 nitrogen and oxygen atoms in total. The molecule has 0 radical (unpaired) electrons. The SMILES string of the molecule is O=C(c1ccco1)N1CCN(c2ccc(-c3noc(C(F)(F)F)n3)cn2)CC1. The van der Waals surface area contributed by atoms with E-state index in [4.69, 9.17) is 4.42 Å². The molecule has 1 fully saturated rings. The number of amides is 1. The Bertz CT molecular complexity index is 945. The molecular formula is C17H14F3N5O3. The number of piperazine rings is 1. The number of furan rings is 1. The summed E-state index contributed by atoms with van der Waals surface area (Å²) in [6.45, 7) is 2.14. The number of rotatable bonds is 3. The molecule has 0 aliphatic carbocycles. The first-order valence-corrected chi connectivity index (χ1v) is 8.37. The van der Waals surface area contributed by atoms with Crippen molar-refractivity contribution >= 4 is 11.7 Å². The summed E-state index contributed by atoms with van der Waals surface area (Å²) in [5, 5.41) is 3.34. The van der Waals surface area contributed by atoms with Crippen molar-refractivity contribution < 1.29 is 26.9 Å². The fourth-order valence-electron chi connectivity index (χ4n) is 2.86. The van der Waals surface area contributed by atoms with Gasteiger partial charge in [0.05, 0.1) is 6.26 Å². The molecule has 0 atom stereocenters. The van der Waals surface area contributed by atoms with Crippen molar-refractivity contribution in [2.75, 3.05) is 31.1 Å². The molecule has 0 spiro atoms. The summed E-state index contributed by atoms with van der Waals surface area (Å²) in [7, 11) is 0. The first-order chi connectivity index (χ1) is 13.4. The van der Waals surface area contributed by atoms with Crippen LogP contribution in [0, 0.1) is 0 Å². The van der Waals surface area contributed by atoms with E-state index in [1.165, 1.54) is 12.5 Å². The van der Waals surface area contributed by atoms with E-state index in [0.717, 1.165) is 0 Å². The van der Waals surface area contributed by atoms with Gasteiger partial charge >= 0.3 is 12.1 Å². The first kappa shape index (κ1) is 18.0. The molecule has 3 aromatic heterocycles. The topological polar surface area (TPSA) is 88.5 Å². The molecule has 3 aromatic rings. The third-order valence-corrected chi connectivity index (χ3v) is 4.30. The summed E-state index contributed by atoms with van der Waals surface area (Å²) in [4.78, 5) is 23.6. The van der Waals surface area contributed by atoms with E-state index < -0.39 is 12.1 Å². The molecular weight excluding hydrogens is 379 g/mol. The number of nitrogens with zero attached hydrogens (tertiary/aromatic N) is 5. The van der Waals surface area contributed by atoms with Gasteiger partial charge in [0.15, 0.2) is 5.76 Å². The summed E-state index contributed by atoms with van der Waals surface area (Å²) in [6.07, 6.45) is -1.84. The number of carbonyl (C=O) groups is 1. The predicted molar refractivity (Wildman–Crippen MR) is 89.4 cm³/mol. The Labute approximate surface area is 156 Å². The van der Waals surface area contributed by atoms with Gasteiger partial charge in [-0.3, -0.25) is 4.79 Å². The molecule has 4 rings (SSSR count). The molecule has 0 N–H and O–H groups in total. The number of alkyl halides is 3. The largest absolute Gasteiger partial charge is 0.471 e. The third kappa shape index (κ3) is 3.55. The average molecular weight is 393 g/mol. The molecule has 1 amide bonds. The van der Waals surface area contributed by atoms with Gasteiger partial charge in [0.1, 0.15) is 5.82 Å². The third-order valence-electron chi connectivity index (χ3n) is 4.30. The Kier molecular flexibility index (Phi) is 4.49. The second kappa shape index (κ2) is 6.98. The molecule has 1 saturated heterocycles. The molecule has 0 unspecified atom stereocenters. The van der Waals surface area contributed by atoms with Crippen molar-refractivity contribution in [1.29, 1.82) is 0 Å². The second-order valence-corrected chi connectivity index (χ2v) is 6.08. The predicted octanol–water partition coefficient (Wildman–Crippen LogP) is 2.71. The number of hydrogen-bond acceptors (Lipinski definition) is 7. The Morgan fingerprint density at radius 2 is 1.89 bits per heavy atom. The number of hydrogen-bond donors (Lipinski definition) is 0. The molecule has 28 heavy (non-hydrogen) atoms. The summed E-state index contributed by atoms with van der Waals surface area (Å²) < 4.78 is 47.0. The van der Waals surface area contributed by atoms with E-state index in [9.17, 15) is 18.0 Å². The van der Waals surface area contributed by atoms with Gasteiger partial charge in [0.2, 0.25) is 5.82 Å². The van der Waals surface area contributed by atoms with Crippen molar-refractivity contribution in [3.8, 4) is 11.4 Å². The van der Waals surface area contributed by atoms with Crippen LogP contribution in [0.3, 0.4) is 0 Å². The molecule has 11 heteroatoms. The highest BCUT2D eigenvalue weighted by Crippen LogP contribution is 2.29. The highest BCUT2D eigenvalue weighted by Gasteiger charge is 2.38. The summed E-state index contributed by atoms with van der Waals surface area (Å²) in [5.41, 5.74) is 0.314. The maximum atomic E-state index is 12.5. The van der Waals surface area contributed by atoms with Crippen molar-refractivity contribution in [1.82, 2.24) is 20.0 Å². The van der Waals surface area contributed by atoms with Crippen molar-refractivity contribution in [3.63, 3.8) is 0 Å². The minimum Gasteiger partial charge on any atom is -0.459 e. The van der Waals surface area contributed by atoms with E-state index in [2.05, 4.69) is 19.6 Å². The lowest BCUT2D eigenvalue weighted by Crippen LogP contribution is -2.49. The maximum absolute atomic E-state index is 12.5. The van der Waals surface area contributed by atoms with Crippen LogP contribution in [0.4, 0.5) is 19.0 Å². The minimum absolute atomic E-state index is 0.162. The van der Waals surface area contributed by atoms with E-state index in [1.54, 1.807) is 29.2 Å². The smallest absolute Gasteiger partial charge is 0.459 e. The highest BCUT2D eigenvalue weighted by molar-refractivity contribution is 5.91. The van der Waals surface area contributed by atoms with Gasteiger partial charge in [-0.1, -0.05) is 5.16 Å². The van der Waals surface area contributed by atoms with Crippen LogP contribution in [0.15, 0.2) is 45.7 Å². The quantitative estimate of drug-likeness (QED) is 0.676. The Hall–Kier alpha value is -3.37. The molecule has 4 heterocycles. The van der Waals surface area contributed by atoms with Gasteiger partial charge < -0.3 is 18.7 Å². The van der Waals surface area contributed by atoms with Crippen LogP contribution in [0.25, 0.3) is 11.4 Å². The van der Waals surface area contributed by atoms with Crippen molar-refractivity contribution in [3.05, 3.63) is 48.4 Å². The second-order valence-electron chi connectivity index (χ2n) is 6.08. The highest BCUT2D eigenvalue weighted by atomic mass is 19.4. The fraction of sp³-hybridized carbons (Fsp3) is 0.294. The monoisotopic (exact) mass is 393 g/mol. The molecule has 1 aliphatic rings. The molecule has 0 aromatic carbocycles. The van der Waals surface area contributed by atoms with Crippen LogP contribution in [-0.4, -0.2) is 52.1 Å². The summed E-state index contributed by atoms with van der Waals surface area (Å²) in [6, 6.07) is 6.53. The minimum atomic E-state index is -4.69. The van der Waals surface area contributed by atoms with Crippen LogP contribution >= 0.6 is 0 Å². The lowest BCUT2D eigenvalue weighted by atomic mass is 10.2. The Morgan fingerprint density at radius 3 is 2.46 bits per heavy atom. The van der Waals surface area contributed by atoms with Crippen LogP contribution in [-0.2, 0) is 6.18 Å². The number of halogens is 3. The molecule has 146 valence electrons. The van der Waals surface area contributed by atoms with Crippen molar-refractivity contribution in [2.45, 2.75) is 6.18 Å². The number of anilines is 1.